The second-order valence-electron chi connectivity index (χ2n) is 5.17. The van der Waals surface area contributed by atoms with E-state index in [-0.39, 0.29) is 11.1 Å². The van der Waals surface area contributed by atoms with E-state index in [0.717, 1.165) is 11.4 Å². The van der Waals surface area contributed by atoms with Crippen molar-refractivity contribution in [1.29, 1.82) is 0 Å². The molecule has 0 bridgehead atoms. The van der Waals surface area contributed by atoms with Crippen LogP contribution in [0.3, 0.4) is 0 Å². The highest BCUT2D eigenvalue weighted by molar-refractivity contribution is 5.40. The fraction of sp³-hybridized carbons (Fsp3) is 0.308. The minimum Gasteiger partial charge on any atom is -0.258 e. The van der Waals surface area contributed by atoms with E-state index in [1.54, 1.807) is 16.8 Å². The van der Waals surface area contributed by atoms with E-state index in [1.165, 1.54) is 12.1 Å². The minimum atomic E-state index is -0.409. The van der Waals surface area contributed by atoms with Crippen molar-refractivity contribution in [2.75, 3.05) is 0 Å². The van der Waals surface area contributed by atoms with Gasteiger partial charge in [-0.15, -0.1) is 0 Å². The Morgan fingerprint density at radius 1 is 1.17 bits per heavy atom. The lowest BCUT2D eigenvalue weighted by atomic mass is 9.93. The predicted molar refractivity (Wildman–Crippen MR) is 68.9 cm³/mol. The Morgan fingerprint density at radius 2 is 1.78 bits per heavy atom. The molecule has 18 heavy (non-hydrogen) atoms. The number of nitro benzene ring substituents is 1. The van der Waals surface area contributed by atoms with Gasteiger partial charge in [-0.05, 0) is 18.2 Å². The number of benzene rings is 1. The van der Waals surface area contributed by atoms with Crippen molar-refractivity contribution >= 4 is 5.69 Å². The van der Waals surface area contributed by atoms with Gasteiger partial charge in [0.1, 0.15) is 0 Å². The average molecular weight is 245 g/mol. The first-order valence-electron chi connectivity index (χ1n) is 5.69. The minimum absolute atomic E-state index is 0.00791. The molecule has 0 amide bonds. The summed E-state index contributed by atoms with van der Waals surface area (Å²) in [6.45, 7) is 6.28. The van der Waals surface area contributed by atoms with E-state index in [2.05, 4.69) is 25.9 Å². The van der Waals surface area contributed by atoms with E-state index in [0.29, 0.717) is 0 Å². The largest absolute Gasteiger partial charge is 0.269 e. The summed E-state index contributed by atoms with van der Waals surface area (Å²) in [6, 6.07) is 8.30. The van der Waals surface area contributed by atoms with E-state index >= 15 is 0 Å². The predicted octanol–water partition coefficient (Wildman–Crippen LogP) is 3.08. The average Bonchev–Trinajstić information content (AvgIpc) is 2.78. The van der Waals surface area contributed by atoms with Gasteiger partial charge in [-0.25, -0.2) is 4.68 Å². The van der Waals surface area contributed by atoms with Crippen molar-refractivity contribution in [1.82, 2.24) is 9.78 Å². The molecule has 0 aliphatic heterocycles. The lowest BCUT2D eigenvalue weighted by Gasteiger charge is -2.14. The molecule has 0 saturated heterocycles. The fourth-order valence-electron chi connectivity index (χ4n) is 1.59. The van der Waals surface area contributed by atoms with Gasteiger partial charge >= 0.3 is 0 Å². The molecule has 0 aliphatic carbocycles. The summed E-state index contributed by atoms with van der Waals surface area (Å²) in [5, 5.41) is 15.0. The monoisotopic (exact) mass is 245 g/mol. The SMILES string of the molecule is CC(C)(C)c1ccn(-c2ccc([N+](=O)[O-])cc2)n1. The summed E-state index contributed by atoms with van der Waals surface area (Å²) in [5.74, 6) is 0. The molecule has 0 radical (unpaired) electrons. The molecule has 0 saturated carbocycles. The first-order chi connectivity index (χ1) is 8.38. The van der Waals surface area contributed by atoms with Gasteiger partial charge in [-0.2, -0.15) is 5.10 Å². The fourth-order valence-corrected chi connectivity index (χ4v) is 1.59. The maximum atomic E-state index is 10.6. The van der Waals surface area contributed by atoms with Gasteiger partial charge in [-0.3, -0.25) is 10.1 Å². The van der Waals surface area contributed by atoms with Crippen LogP contribution in [-0.4, -0.2) is 14.7 Å². The van der Waals surface area contributed by atoms with Gasteiger partial charge in [0.25, 0.3) is 5.69 Å². The molecule has 0 spiro atoms. The lowest BCUT2D eigenvalue weighted by Crippen LogP contribution is -2.12. The Bertz CT molecular complexity index is 565. The van der Waals surface area contributed by atoms with Crippen LogP contribution in [0, 0.1) is 10.1 Å². The normalized spacial score (nSPS) is 11.5. The topological polar surface area (TPSA) is 61.0 Å². The van der Waals surface area contributed by atoms with Crippen LogP contribution in [-0.2, 0) is 5.41 Å². The number of nitro groups is 1. The van der Waals surface area contributed by atoms with Crippen LogP contribution in [0.1, 0.15) is 26.5 Å². The maximum Gasteiger partial charge on any atom is 0.269 e. The van der Waals surface area contributed by atoms with Crippen molar-refractivity contribution in [2.45, 2.75) is 26.2 Å². The molecular formula is C13H15N3O2. The molecule has 2 rings (SSSR count). The van der Waals surface area contributed by atoms with Crippen molar-refractivity contribution in [3.05, 3.63) is 52.3 Å². The summed E-state index contributed by atoms with van der Waals surface area (Å²) in [4.78, 5) is 10.2. The summed E-state index contributed by atoms with van der Waals surface area (Å²) >= 11 is 0. The van der Waals surface area contributed by atoms with Crippen LogP contribution in [0.15, 0.2) is 36.5 Å². The highest BCUT2D eigenvalue weighted by Crippen LogP contribution is 2.21. The van der Waals surface area contributed by atoms with Gasteiger partial charge in [0.2, 0.25) is 0 Å². The first kappa shape index (κ1) is 12.3. The third kappa shape index (κ3) is 2.40. The summed E-state index contributed by atoms with van der Waals surface area (Å²) in [5.41, 5.74) is 1.88. The standard InChI is InChI=1S/C13H15N3O2/c1-13(2,3)12-8-9-15(14-12)10-4-6-11(7-5-10)16(17)18/h4-9H,1-3H3. The second kappa shape index (κ2) is 4.25. The van der Waals surface area contributed by atoms with E-state index in [1.807, 2.05) is 12.3 Å². The van der Waals surface area contributed by atoms with Crippen LogP contribution >= 0.6 is 0 Å². The van der Waals surface area contributed by atoms with Crippen molar-refractivity contribution in [2.24, 2.45) is 0 Å². The van der Waals surface area contributed by atoms with Crippen LogP contribution in [0.4, 0.5) is 5.69 Å². The molecule has 0 aliphatic rings. The summed E-state index contributed by atoms with van der Waals surface area (Å²) < 4.78 is 1.73. The molecule has 5 nitrogen and oxygen atoms in total. The zero-order valence-corrected chi connectivity index (χ0v) is 10.6. The molecule has 1 heterocycles. The van der Waals surface area contributed by atoms with Crippen LogP contribution in [0.5, 0.6) is 0 Å². The Labute approximate surface area is 105 Å². The van der Waals surface area contributed by atoms with Crippen LogP contribution < -0.4 is 0 Å². The Balaban J connectivity index is 2.32. The molecule has 2 aromatic rings. The molecule has 1 aromatic heterocycles. The van der Waals surface area contributed by atoms with E-state index in [9.17, 15) is 10.1 Å². The Kier molecular flexibility index (Phi) is 2.90. The highest BCUT2D eigenvalue weighted by atomic mass is 16.6. The molecule has 0 atom stereocenters. The third-order valence-corrected chi connectivity index (χ3v) is 2.68. The zero-order valence-electron chi connectivity index (χ0n) is 10.6. The van der Waals surface area contributed by atoms with Gasteiger partial charge in [-0.1, -0.05) is 20.8 Å². The number of non-ortho nitro benzene ring substituents is 1. The van der Waals surface area contributed by atoms with Crippen molar-refractivity contribution < 1.29 is 4.92 Å². The smallest absolute Gasteiger partial charge is 0.258 e. The molecule has 94 valence electrons. The van der Waals surface area contributed by atoms with Gasteiger partial charge in [0, 0.05) is 23.7 Å². The zero-order chi connectivity index (χ0) is 13.3. The molecule has 0 fully saturated rings. The molecule has 0 N–H and O–H groups in total. The second-order valence-corrected chi connectivity index (χ2v) is 5.17. The van der Waals surface area contributed by atoms with E-state index in [4.69, 9.17) is 0 Å². The lowest BCUT2D eigenvalue weighted by molar-refractivity contribution is -0.384. The molecule has 1 aromatic carbocycles. The summed E-state index contributed by atoms with van der Waals surface area (Å²) in [7, 11) is 0. The molecule has 0 unspecified atom stereocenters. The third-order valence-electron chi connectivity index (χ3n) is 2.68. The summed E-state index contributed by atoms with van der Waals surface area (Å²) in [6.07, 6.45) is 1.86. The van der Waals surface area contributed by atoms with Gasteiger partial charge < -0.3 is 0 Å². The van der Waals surface area contributed by atoms with Gasteiger partial charge in [0.15, 0.2) is 0 Å². The van der Waals surface area contributed by atoms with Crippen LogP contribution in [0.2, 0.25) is 0 Å². The Morgan fingerprint density at radius 3 is 2.22 bits per heavy atom. The molecule has 5 heteroatoms. The highest BCUT2D eigenvalue weighted by Gasteiger charge is 2.17. The first-order valence-corrected chi connectivity index (χ1v) is 5.69. The maximum absolute atomic E-state index is 10.6. The number of hydrogen-bond donors (Lipinski definition) is 0. The number of hydrogen-bond acceptors (Lipinski definition) is 3. The van der Waals surface area contributed by atoms with Crippen molar-refractivity contribution in [3.8, 4) is 5.69 Å². The van der Waals surface area contributed by atoms with Crippen molar-refractivity contribution in [3.63, 3.8) is 0 Å². The number of aromatic nitrogens is 2. The van der Waals surface area contributed by atoms with E-state index < -0.39 is 4.92 Å². The quantitative estimate of drug-likeness (QED) is 0.603. The molecular weight excluding hydrogens is 230 g/mol. The Hall–Kier alpha value is -2.17. The van der Waals surface area contributed by atoms with Gasteiger partial charge in [0.05, 0.1) is 16.3 Å². The number of rotatable bonds is 2. The van der Waals surface area contributed by atoms with Crippen LogP contribution in [0.25, 0.3) is 5.69 Å². The number of nitrogens with zero attached hydrogens (tertiary/aromatic N) is 3.